The number of hydrogen-bond acceptors (Lipinski definition) is 3. The van der Waals surface area contributed by atoms with Gasteiger partial charge in [-0.2, -0.15) is 0 Å². The van der Waals surface area contributed by atoms with E-state index in [9.17, 15) is 9.59 Å². The van der Waals surface area contributed by atoms with E-state index in [0.717, 1.165) is 11.1 Å². The second kappa shape index (κ2) is 8.63. The average Bonchev–Trinajstić information content (AvgIpc) is 2.63. The summed E-state index contributed by atoms with van der Waals surface area (Å²) in [5.41, 5.74) is 7.08. The molecule has 0 saturated carbocycles. The third-order valence-corrected chi connectivity index (χ3v) is 4.38. The molecule has 2 aromatic rings. The van der Waals surface area contributed by atoms with Gasteiger partial charge in [0, 0.05) is 0 Å². The Bertz CT molecular complexity index is 731. The third kappa shape index (κ3) is 5.17. The smallest absolute Gasteiger partial charge is 0.242 e. The Morgan fingerprint density at radius 1 is 0.962 bits per heavy atom. The van der Waals surface area contributed by atoms with Crippen molar-refractivity contribution in [2.45, 2.75) is 44.8 Å². The van der Waals surface area contributed by atoms with E-state index in [4.69, 9.17) is 5.73 Å². The van der Waals surface area contributed by atoms with Gasteiger partial charge in [0.05, 0.1) is 11.6 Å². The molecule has 0 aromatic heterocycles. The first kappa shape index (κ1) is 19.7. The summed E-state index contributed by atoms with van der Waals surface area (Å²) in [4.78, 5) is 24.5. The molecule has 2 rings (SSSR count). The number of nitrogens with one attached hydrogen (secondary N) is 2. The summed E-state index contributed by atoms with van der Waals surface area (Å²) in [6.07, 6.45) is 0.636. The minimum absolute atomic E-state index is 0.249. The van der Waals surface area contributed by atoms with E-state index in [1.807, 2.05) is 67.6 Å². The van der Waals surface area contributed by atoms with E-state index in [-0.39, 0.29) is 11.8 Å². The topological polar surface area (TPSA) is 84.2 Å². The maximum absolute atomic E-state index is 12.7. The van der Waals surface area contributed by atoms with Gasteiger partial charge >= 0.3 is 0 Å². The van der Waals surface area contributed by atoms with Gasteiger partial charge in [-0.1, -0.05) is 60.7 Å². The lowest BCUT2D eigenvalue weighted by molar-refractivity contribution is -0.130. The van der Waals surface area contributed by atoms with Crippen LogP contribution in [-0.4, -0.2) is 23.9 Å². The molecular formula is C21H27N3O2. The normalized spacial score (nSPS) is 15.4. The predicted molar refractivity (Wildman–Crippen MR) is 103 cm³/mol. The zero-order valence-corrected chi connectivity index (χ0v) is 15.5. The number of carbonyl (C=O) groups excluding carboxylic acids is 2. The van der Waals surface area contributed by atoms with Crippen molar-refractivity contribution in [2.24, 2.45) is 5.73 Å². The molecule has 5 heteroatoms. The largest absolute Gasteiger partial charge is 0.345 e. The van der Waals surface area contributed by atoms with Crippen molar-refractivity contribution < 1.29 is 9.59 Å². The van der Waals surface area contributed by atoms with Crippen LogP contribution in [0, 0.1) is 0 Å². The van der Waals surface area contributed by atoms with Crippen molar-refractivity contribution in [3.63, 3.8) is 0 Å². The first-order chi connectivity index (χ1) is 12.3. The Morgan fingerprint density at radius 2 is 1.50 bits per heavy atom. The van der Waals surface area contributed by atoms with Crippen LogP contribution >= 0.6 is 0 Å². The number of benzene rings is 2. The summed E-state index contributed by atoms with van der Waals surface area (Å²) < 4.78 is 0. The maximum Gasteiger partial charge on any atom is 0.242 e. The van der Waals surface area contributed by atoms with Gasteiger partial charge in [0.1, 0.15) is 6.04 Å². The Balaban J connectivity index is 2.21. The minimum atomic E-state index is -0.674. The van der Waals surface area contributed by atoms with Crippen molar-refractivity contribution in [1.29, 1.82) is 0 Å². The zero-order chi connectivity index (χ0) is 19.2. The van der Waals surface area contributed by atoms with Crippen molar-refractivity contribution in [2.75, 3.05) is 0 Å². The Kier molecular flexibility index (Phi) is 6.52. The van der Waals surface area contributed by atoms with Gasteiger partial charge in [-0.25, -0.2) is 0 Å². The first-order valence-electron chi connectivity index (χ1n) is 8.79. The Hall–Kier alpha value is -2.66. The summed E-state index contributed by atoms with van der Waals surface area (Å²) >= 11 is 0. The molecule has 138 valence electrons. The number of carbonyl (C=O) groups is 2. The van der Waals surface area contributed by atoms with Crippen LogP contribution < -0.4 is 16.4 Å². The van der Waals surface area contributed by atoms with E-state index >= 15 is 0 Å². The van der Waals surface area contributed by atoms with E-state index in [1.165, 1.54) is 0 Å². The van der Waals surface area contributed by atoms with Crippen molar-refractivity contribution in [1.82, 2.24) is 10.6 Å². The van der Waals surface area contributed by atoms with Gasteiger partial charge in [0.25, 0.3) is 0 Å². The van der Waals surface area contributed by atoms with Crippen LogP contribution in [0.1, 0.15) is 31.9 Å². The second-order valence-electron chi connectivity index (χ2n) is 6.87. The molecule has 0 aliphatic heterocycles. The predicted octanol–water partition coefficient (Wildman–Crippen LogP) is 2.11. The Labute approximate surface area is 155 Å². The lowest BCUT2D eigenvalue weighted by Crippen LogP contribution is -2.54. The molecule has 0 aliphatic rings. The quantitative estimate of drug-likeness (QED) is 0.713. The van der Waals surface area contributed by atoms with Crippen molar-refractivity contribution in [3.8, 4) is 0 Å². The Morgan fingerprint density at radius 3 is 2.04 bits per heavy atom. The van der Waals surface area contributed by atoms with Crippen molar-refractivity contribution >= 4 is 11.8 Å². The lowest BCUT2D eigenvalue weighted by atomic mass is 9.85. The first-order valence-corrected chi connectivity index (χ1v) is 8.79. The third-order valence-electron chi connectivity index (χ3n) is 4.38. The molecule has 5 nitrogen and oxygen atoms in total. The van der Waals surface area contributed by atoms with Gasteiger partial charge in [0.15, 0.2) is 0 Å². The molecule has 0 heterocycles. The molecule has 0 spiro atoms. The van der Waals surface area contributed by atoms with Crippen LogP contribution in [0.3, 0.4) is 0 Å². The number of amides is 2. The molecule has 0 saturated heterocycles. The molecule has 26 heavy (non-hydrogen) atoms. The summed E-state index contributed by atoms with van der Waals surface area (Å²) in [7, 11) is 0. The molecule has 1 unspecified atom stereocenters. The molecule has 0 bridgehead atoms. The van der Waals surface area contributed by atoms with Gasteiger partial charge in [0.2, 0.25) is 11.8 Å². The molecule has 2 amide bonds. The number of nitrogens with two attached hydrogens (primary N) is 1. The van der Waals surface area contributed by atoms with Gasteiger partial charge in [-0.15, -0.1) is 0 Å². The fraction of sp³-hybridized carbons (Fsp3) is 0.333. The standard InChI is InChI=1S/C21H27N3O2/c1-15(22)19(25)23-16(2)20(26)24-21(3,18-12-8-5-9-13-18)14-17-10-6-4-7-11-17/h4-13,15-16H,14,22H2,1-3H3,(H,23,25)(H,24,26)/t15-,16-,21?/m0/s1. The minimum Gasteiger partial charge on any atom is -0.345 e. The van der Waals surface area contributed by atoms with E-state index in [0.29, 0.717) is 6.42 Å². The fourth-order valence-corrected chi connectivity index (χ4v) is 2.82. The van der Waals surface area contributed by atoms with Crippen LogP contribution in [0.15, 0.2) is 60.7 Å². The molecule has 0 radical (unpaired) electrons. The van der Waals surface area contributed by atoms with E-state index in [1.54, 1.807) is 13.8 Å². The summed E-state index contributed by atoms with van der Waals surface area (Å²) in [6.45, 7) is 5.24. The number of rotatable bonds is 7. The molecule has 2 aromatic carbocycles. The SMILES string of the molecule is C[C@H](N)C(=O)N[C@@H](C)C(=O)NC(C)(Cc1ccccc1)c1ccccc1. The molecule has 3 atom stereocenters. The molecule has 0 fully saturated rings. The van der Waals surface area contributed by atoms with Crippen LogP contribution in [0.4, 0.5) is 0 Å². The van der Waals surface area contributed by atoms with E-state index in [2.05, 4.69) is 10.6 Å². The van der Waals surface area contributed by atoms with Gasteiger partial charge in [-0.3, -0.25) is 9.59 Å². The molecule has 4 N–H and O–H groups in total. The van der Waals surface area contributed by atoms with Crippen LogP contribution in [0.25, 0.3) is 0 Å². The highest BCUT2D eigenvalue weighted by Gasteiger charge is 2.31. The summed E-state index contributed by atoms with van der Waals surface area (Å²) in [6, 6.07) is 18.5. The van der Waals surface area contributed by atoms with Gasteiger partial charge in [-0.05, 0) is 38.3 Å². The van der Waals surface area contributed by atoms with Gasteiger partial charge < -0.3 is 16.4 Å². The monoisotopic (exact) mass is 353 g/mol. The lowest BCUT2D eigenvalue weighted by Gasteiger charge is -2.33. The highest BCUT2D eigenvalue weighted by atomic mass is 16.2. The van der Waals surface area contributed by atoms with Crippen LogP contribution in [0.2, 0.25) is 0 Å². The van der Waals surface area contributed by atoms with Crippen molar-refractivity contribution in [3.05, 3.63) is 71.8 Å². The molecular weight excluding hydrogens is 326 g/mol. The highest BCUT2D eigenvalue weighted by Crippen LogP contribution is 2.25. The number of hydrogen-bond donors (Lipinski definition) is 3. The maximum atomic E-state index is 12.7. The second-order valence-corrected chi connectivity index (χ2v) is 6.87. The zero-order valence-electron chi connectivity index (χ0n) is 15.5. The van der Waals surface area contributed by atoms with Crippen LogP contribution in [0.5, 0.6) is 0 Å². The van der Waals surface area contributed by atoms with E-state index < -0.39 is 17.6 Å². The molecule has 0 aliphatic carbocycles. The average molecular weight is 353 g/mol. The van der Waals surface area contributed by atoms with Crippen LogP contribution in [-0.2, 0) is 21.5 Å². The summed E-state index contributed by atoms with van der Waals surface area (Å²) in [5, 5.41) is 5.75. The fourth-order valence-electron chi connectivity index (χ4n) is 2.82. The highest BCUT2D eigenvalue weighted by molar-refractivity contribution is 5.89. The summed E-state index contributed by atoms with van der Waals surface area (Å²) in [5.74, 6) is -0.599.